The Hall–Kier alpha value is -4.30. The fraction of sp³-hybridized carbons (Fsp3) is 0.154. The lowest BCUT2D eigenvalue weighted by Crippen LogP contribution is -2.18. The SMILES string of the molecule is NC(=O)c1c(CCc2ccc3c(c2)OCO3)n(Cc2ccc(C(=O)NO)cc2)c2ccccc12. The van der Waals surface area contributed by atoms with Crippen LogP contribution in [-0.4, -0.2) is 28.4 Å². The number of para-hydroxylation sites is 1. The zero-order valence-corrected chi connectivity index (χ0v) is 18.3. The van der Waals surface area contributed by atoms with Gasteiger partial charge in [-0.05, 0) is 54.3 Å². The van der Waals surface area contributed by atoms with Crippen molar-refractivity contribution in [2.75, 3.05) is 6.79 Å². The number of nitrogens with two attached hydrogens (primary N) is 1. The number of carbonyl (C=O) groups excluding carboxylic acids is 2. The van der Waals surface area contributed by atoms with Gasteiger partial charge in [0, 0.05) is 28.7 Å². The van der Waals surface area contributed by atoms with Gasteiger partial charge in [-0.1, -0.05) is 36.4 Å². The summed E-state index contributed by atoms with van der Waals surface area (Å²) in [5, 5.41) is 9.66. The van der Waals surface area contributed by atoms with Crippen molar-refractivity contribution in [3.05, 3.63) is 94.7 Å². The summed E-state index contributed by atoms with van der Waals surface area (Å²) in [4.78, 5) is 24.2. The molecular weight excluding hydrogens is 434 g/mol. The van der Waals surface area contributed by atoms with Gasteiger partial charge in [0.2, 0.25) is 6.79 Å². The second-order valence-corrected chi connectivity index (χ2v) is 8.11. The number of primary amides is 1. The first kappa shape index (κ1) is 21.5. The molecule has 4 aromatic rings. The minimum absolute atomic E-state index is 0.220. The molecule has 172 valence electrons. The number of ether oxygens (including phenoxy) is 2. The first-order valence-corrected chi connectivity index (χ1v) is 10.9. The standard InChI is InChI=1S/C26H23N3O5/c27-25(30)24-19-3-1-2-4-20(19)29(14-17-5-9-18(10-6-17)26(31)28-32)21(24)11-7-16-8-12-22-23(13-16)34-15-33-22/h1-6,8-10,12-13,32H,7,11,14-15H2,(H2,27,30)(H,28,31). The highest BCUT2D eigenvalue weighted by atomic mass is 16.7. The number of rotatable bonds is 7. The van der Waals surface area contributed by atoms with E-state index in [0.717, 1.165) is 39.2 Å². The van der Waals surface area contributed by atoms with Crippen LogP contribution in [0.15, 0.2) is 66.7 Å². The van der Waals surface area contributed by atoms with Crippen LogP contribution in [0.2, 0.25) is 0 Å². The quantitative estimate of drug-likeness (QED) is 0.291. The Morgan fingerprint density at radius 1 is 0.941 bits per heavy atom. The maximum atomic E-state index is 12.5. The third kappa shape index (κ3) is 3.95. The second kappa shape index (κ2) is 8.92. The van der Waals surface area contributed by atoms with Crippen LogP contribution >= 0.6 is 0 Å². The van der Waals surface area contributed by atoms with E-state index in [1.54, 1.807) is 17.6 Å². The average molecular weight is 457 g/mol. The van der Waals surface area contributed by atoms with Crippen LogP contribution in [0.25, 0.3) is 10.9 Å². The number of aryl methyl sites for hydroxylation is 1. The number of carbonyl (C=O) groups is 2. The van der Waals surface area contributed by atoms with Crippen LogP contribution in [0, 0.1) is 0 Å². The van der Waals surface area contributed by atoms with E-state index in [0.29, 0.717) is 30.5 Å². The highest BCUT2D eigenvalue weighted by Gasteiger charge is 2.21. The molecule has 2 amide bonds. The van der Waals surface area contributed by atoms with Gasteiger partial charge in [-0.2, -0.15) is 0 Å². The maximum Gasteiger partial charge on any atom is 0.274 e. The van der Waals surface area contributed by atoms with Crippen molar-refractivity contribution in [1.29, 1.82) is 0 Å². The molecule has 0 fully saturated rings. The van der Waals surface area contributed by atoms with E-state index in [4.69, 9.17) is 20.4 Å². The van der Waals surface area contributed by atoms with Crippen LogP contribution in [0.4, 0.5) is 0 Å². The molecule has 1 aliphatic heterocycles. The molecule has 0 aliphatic carbocycles. The first-order chi connectivity index (χ1) is 16.5. The van der Waals surface area contributed by atoms with Crippen LogP contribution in [0.3, 0.4) is 0 Å². The first-order valence-electron chi connectivity index (χ1n) is 10.9. The molecule has 34 heavy (non-hydrogen) atoms. The van der Waals surface area contributed by atoms with Crippen molar-refractivity contribution in [1.82, 2.24) is 10.0 Å². The summed E-state index contributed by atoms with van der Waals surface area (Å²) in [5.74, 6) is 0.415. The molecule has 2 heterocycles. The Balaban J connectivity index is 1.51. The lowest BCUT2D eigenvalue weighted by molar-refractivity contribution is 0.0706. The Morgan fingerprint density at radius 2 is 1.68 bits per heavy atom. The summed E-state index contributed by atoms with van der Waals surface area (Å²) in [6, 6.07) is 20.5. The fourth-order valence-electron chi connectivity index (χ4n) is 4.44. The average Bonchev–Trinajstić information content (AvgIpc) is 3.45. The number of amides is 2. The zero-order chi connectivity index (χ0) is 23.7. The Bertz CT molecular complexity index is 1390. The number of fused-ring (bicyclic) bond motifs is 2. The van der Waals surface area contributed by atoms with E-state index in [2.05, 4.69) is 4.57 Å². The van der Waals surface area contributed by atoms with Crippen molar-refractivity contribution in [2.24, 2.45) is 5.73 Å². The molecule has 8 nitrogen and oxygen atoms in total. The molecule has 0 radical (unpaired) electrons. The van der Waals surface area contributed by atoms with E-state index < -0.39 is 11.8 Å². The third-order valence-corrected chi connectivity index (χ3v) is 6.07. The highest BCUT2D eigenvalue weighted by molar-refractivity contribution is 6.07. The van der Waals surface area contributed by atoms with Crippen molar-refractivity contribution in [3.63, 3.8) is 0 Å². The van der Waals surface area contributed by atoms with Gasteiger partial charge >= 0.3 is 0 Å². The third-order valence-electron chi connectivity index (χ3n) is 6.07. The molecule has 3 aromatic carbocycles. The Kier molecular flexibility index (Phi) is 5.65. The largest absolute Gasteiger partial charge is 0.454 e. The minimum Gasteiger partial charge on any atom is -0.454 e. The van der Waals surface area contributed by atoms with Gasteiger partial charge in [-0.15, -0.1) is 0 Å². The Morgan fingerprint density at radius 3 is 2.44 bits per heavy atom. The molecule has 0 saturated carbocycles. The zero-order valence-electron chi connectivity index (χ0n) is 18.3. The molecule has 5 rings (SSSR count). The molecule has 8 heteroatoms. The number of hydroxylamine groups is 1. The number of hydrogen-bond acceptors (Lipinski definition) is 5. The molecule has 0 saturated heterocycles. The number of hydrogen-bond donors (Lipinski definition) is 3. The molecule has 0 spiro atoms. The highest BCUT2D eigenvalue weighted by Crippen LogP contribution is 2.33. The number of aromatic nitrogens is 1. The van der Waals surface area contributed by atoms with E-state index in [1.807, 2.05) is 54.6 Å². The van der Waals surface area contributed by atoms with Gasteiger partial charge < -0.3 is 19.8 Å². The molecule has 1 aromatic heterocycles. The van der Waals surface area contributed by atoms with Crippen molar-refractivity contribution in [3.8, 4) is 11.5 Å². The fourth-order valence-corrected chi connectivity index (χ4v) is 4.44. The summed E-state index contributed by atoms with van der Waals surface area (Å²) >= 11 is 0. The monoisotopic (exact) mass is 457 g/mol. The minimum atomic E-state index is -0.571. The van der Waals surface area contributed by atoms with Crippen LogP contribution in [0.5, 0.6) is 11.5 Å². The van der Waals surface area contributed by atoms with Gasteiger partial charge in [0.05, 0.1) is 5.56 Å². The summed E-state index contributed by atoms with van der Waals surface area (Å²) in [5.41, 5.74) is 12.1. The van der Waals surface area contributed by atoms with Gasteiger partial charge in [0.1, 0.15) is 0 Å². The second-order valence-electron chi connectivity index (χ2n) is 8.11. The van der Waals surface area contributed by atoms with E-state index >= 15 is 0 Å². The summed E-state index contributed by atoms with van der Waals surface area (Å²) in [7, 11) is 0. The van der Waals surface area contributed by atoms with Crippen molar-refractivity contribution >= 4 is 22.7 Å². The number of nitrogens with one attached hydrogen (secondary N) is 1. The molecule has 0 atom stereocenters. The normalized spacial score (nSPS) is 12.1. The lowest BCUT2D eigenvalue weighted by atomic mass is 10.0. The van der Waals surface area contributed by atoms with E-state index in [-0.39, 0.29) is 6.79 Å². The molecule has 4 N–H and O–H groups in total. The van der Waals surface area contributed by atoms with Crippen molar-refractivity contribution in [2.45, 2.75) is 19.4 Å². The van der Waals surface area contributed by atoms with Crippen LogP contribution in [-0.2, 0) is 19.4 Å². The molecule has 1 aliphatic rings. The van der Waals surface area contributed by atoms with Crippen LogP contribution < -0.4 is 20.7 Å². The van der Waals surface area contributed by atoms with E-state index in [1.165, 1.54) is 0 Å². The van der Waals surface area contributed by atoms with Crippen molar-refractivity contribution < 1.29 is 24.3 Å². The molecule has 0 bridgehead atoms. The number of benzene rings is 3. The smallest absolute Gasteiger partial charge is 0.274 e. The molecular formula is C26H23N3O5. The van der Waals surface area contributed by atoms with Gasteiger partial charge in [0.15, 0.2) is 11.5 Å². The predicted octanol–water partition coefficient (Wildman–Crippen LogP) is 3.42. The summed E-state index contributed by atoms with van der Waals surface area (Å²) in [6.45, 7) is 0.711. The summed E-state index contributed by atoms with van der Waals surface area (Å²) < 4.78 is 13.0. The number of nitrogens with zero attached hydrogens (tertiary/aromatic N) is 1. The maximum absolute atomic E-state index is 12.5. The van der Waals surface area contributed by atoms with E-state index in [9.17, 15) is 9.59 Å². The Labute approximate surface area is 195 Å². The lowest BCUT2D eigenvalue weighted by Gasteiger charge is -2.13. The molecule has 0 unspecified atom stereocenters. The van der Waals surface area contributed by atoms with Gasteiger partial charge in [-0.25, -0.2) is 5.48 Å². The topological polar surface area (TPSA) is 116 Å². The van der Waals surface area contributed by atoms with Crippen LogP contribution in [0.1, 0.15) is 37.5 Å². The van der Waals surface area contributed by atoms with Gasteiger partial charge in [0.25, 0.3) is 11.8 Å². The predicted molar refractivity (Wildman–Crippen MR) is 125 cm³/mol. The van der Waals surface area contributed by atoms with Gasteiger partial charge in [-0.3, -0.25) is 14.8 Å². The summed E-state index contributed by atoms with van der Waals surface area (Å²) in [6.07, 6.45) is 1.28.